The molecule has 1 rings (SSSR count). The summed E-state index contributed by atoms with van der Waals surface area (Å²) in [6, 6.07) is 5.86. The molecule has 1 aromatic rings. The highest BCUT2D eigenvalue weighted by Gasteiger charge is 2.20. The lowest BCUT2D eigenvalue weighted by Crippen LogP contribution is -2.47. The number of aliphatic imine (C=N–C) groups is 1. The molecule has 0 aromatic heterocycles. The van der Waals surface area contributed by atoms with Gasteiger partial charge in [0.25, 0.3) is 0 Å². The van der Waals surface area contributed by atoms with E-state index in [-0.39, 0.29) is 0 Å². The normalized spacial score (nSPS) is 13.9. The van der Waals surface area contributed by atoms with E-state index >= 15 is 0 Å². The van der Waals surface area contributed by atoms with Crippen LogP contribution in [0, 0.1) is 12.8 Å². The van der Waals surface area contributed by atoms with Gasteiger partial charge in [-0.15, -0.1) is 0 Å². The summed E-state index contributed by atoms with van der Waals surface area (Å²) in [4.78, 5) is 6.96. The molecule has 0 fully saturated rings. The zero-order valence-corrected chi connectivity index (χ0v) is 18.7. The van der Waals surface area contributed by atoms with E-state index in [1.807, 2.05) is 19.1 Å². The van der Waals surface area contributed by atoms with Gasteiger partial charge in [0, 0.05) is 32.4 Å². The molecule has 0 saturated heterocycles. The van der Waals surface area contributed by atoms with Crippen molar-refractivity contribution in [3.63, 3.8) is 0 Å². The van der Waals surface area contributed by atoms with Crippen molar-refractivity contribution < 1.29 is 8.42 Å². The van der Waals surface area contributed by atoms with E-state index in [9.17, 15) is 8.42 Å². The van der Waals surface area contributed by atoms with Crippen LogP contribution in [0.4, 0.5) is 0 Å². The van der Waals surface area contributed by atoms with E-state index in [0.717, 1.165) is 36.5 Å². The zero-order chi connectivity index (χ0) is 20.6. The first-order valence-corrected chi connectivity index (χ1v) is 11.4. The number of guanidine groups is 1. The highest BCUT2D eigenvalue weighted by molar-refractivity contribution is 7.90. The van der Waals surface area contributed by atoms with Crippen LogP contribution in [0.15, 0.2) is 28.1 Å². The largest absolute Gasteiger partial charge is 0.355 e. The van der Waals surface area contributed by atoms with Crippen molar-refractivity contribution in [3.05, 3.63) is 29.3 Å². The molecule has 2 N–H and O–H groups in total. The molecule has 0 aliphatic rings. The number of nitrogens with one attached hydrogen (secondary N) is 2. The van der Waals surface area contributed by atoms with Crippen molar-refractivity contribution in [1.29, 1.82) is 0 Å². The maximum Gasteiger partial charge on any atom is 0.191 e. The molecule has 0 spiro atoms. The van der Waals surface area contributed by atoms with Crippen molar-refractivity contribution in [2.45, 2.75) is 51.1 Å². The molecule has 1 unspecified atom stereocenters. The Hall–Kier alpha value is -1.60. The summed E-state index contributed by atoms with van der Waals surface area (Å²) >= 11 is 0. The van der Waals surface area contributed by atoms with Crippen LogP contribution in [0.5, 0.6) is 0 Å². The molecule has 0 radical (unpaired) electrons. The molecule has 0 saturated carbocycles. The van der Waals surface area contributed by atoms with E-state index in [2.05, 4.69) is 48.5 Å². The Balaban J connectivity index is 2.71. The predicted molar refractivity (Wildman–Crippen MR) is 114 cm³/mol. The smallest absolute Gasteiger partial charge is 0.191 e. The highest BCUT2D eigenvalue weighted by atomic mass is 32.2. The SMILES string of the molecule is CCC(CC)C(CNC(=NC)NCc1ccc(S(C)(=O)=O)c(C)c1)N(C)C. The summed E-state index contributed by atoms with van der Waals surface area (Å²) < 4.78 is 23.5. The number of hydrogen-bond acceptors (Lipinski definition) is 4. The lowest BCUT2D eigenvalue weighted by molar-refractivity contribution is 0.200. The maximum absolute atomic E-state index is 11.7. The number of sulfone groups is 1. The first-order chi connectivity index (χ1) is 12.6. The molecule has 0 heterocycles. The number of nitrogens with zero attached hydrogens (tertiary/aromatic N) is 2. The van der Waals surface area contributed by atoms with Gasteiger partial charge in [0.15, 0.2) is 15.8 Å². The number of benzene rings is 1. The van der Waals surface area contributed by atoms with Crippen molar-refractivity contribution in [2.24, 2.45) is 10.9 Å². The second-order valence-corrected chi connectivity index (χ2v) is 9.27. The minimum atomic E-state index is -3.19. The Bertz CT molecular complexity index is 725. The van der Waals surface area contributed by atoms with E-state index in [0.29, 0.717) is 23.4 Å². The Morgan fingerprint density at radius 3 is 2.26 bits per heavy atom. The Labute approximate surface area is 165 Å². The lowest BCUT2D eigenvalue weighted by Gasteiger charge is -2.32. The average Bonchev–Trinajstić information content (AvgIpc) is 2.59. The van der Waals surface area contributed by atoms with Crippen LogP contribution in [0.1, 0.15) is 37.8 Å². The van der Waals surface area contributed by atoms with E-state index in [1.54, 1.807) is 13.1 Å². The Morgan fingerprint density at radius 1 is 1.19 bits per heavy atom. The predicted octanol–water partition coefficient (Wildman–Crippen LogP) is 2.43. The third-order valence-electron chi connectivity index (χ3n) is 5.06. The van der Waals surface area contributed by atoms with E-state index in [4.69, 9.17) is 0 Å². The molecule has 27 heavy (non-hydrogen) atoms. The van der Waals surface area contributed by atoms with Gasteiger partial charge in [-0.25, -0.2) is 8.42 Å². The highest BCUT2D eigenvalue weighted by Crippen LogP contribution is 2.17. The fraction of sp³-hybridized carbons (Fsp3) is 0.650. The zero-order valence-electron chi connectivity index (χ0n) is 17.8. The second-order valence-electron chi connectivity index (χ2n) is 7.29. The van der Waals surface area contributed by atoms with Crippen molar-refractivity contribution in [3.8, 4) is 0 Å². The van der Waals surface area contributed by atoms with Crippen molar-refractivity contribution in [2.75, 3.05) is 33.9 Å². The molecule has 0 amide bonds. The quantitative estimate of drug-likeness (QED) is 0.495. The Morgan fingerprint density at radius 2 is 1.81 bits per heavy atom. The fourth-order valence-electron chi connectivity index (χ4n) is 3.45. The van der Waals surface area contributed by atoms with Gasteiger partial charge >= 0.3 is 0 Å². The van der Waals surface area contributed by atoms with Crippen LogP contribution >= 0.6 is 0 Å². The van der Waals surface area contributed by atoms with Gasteiger partial charge in [0.05, 0.1) is 4.90 Å². The monoisotopic (exact) mass is 396 g/mol. The van der Waals surface area contributed by atoms with Crippen LogP contribution in [0.25, 0.3) is 0 Å². The number of likely N-dealkylation sites (N-methyl/N-ethyl adjacent to an activating group) is 1. The number of aryl methyl sites for hydroxylation is 1. The molecular formula is C20H36N4O2S. The molecule has 7 heteroatoms. The van der Waals surface area contributed by atoms with Gasteiger partial charge in [0.1, 0.15) is 0 Å². The van der Waals surface area contributed by atoms with Gasteiger partial charge in [0.2, 0.25) is 0 Å². The third kappa shape index (κ3) is 7.14. The van der Waals surface area contributed by atoms with Crippen molar-refractivity contribution in [1.82, 2.24) is 15.5 Å². The molecule has 1 atom stereocenters. The minimum Gasteiger partial charge on any atom is -0.355 e. The second kappa shape index (κ2) is 10.7. The first-order valence-electron chi connectivity index (χ1n) is 9.54. The molecule has 0 aliphatic heterocycles. The van der Waals surface area contributed by atoms with Crippen LogP contribution in [0.2, 0.25) is 0 Å². The lowest BCUT2D eigenvalue weighted by atomic mass is 9.93. The summed E-state index contributed by atoms with van der Waals surface area (Å²) in [7, 11) is 2.81. The third-order valence-corrected chi connectivity index (χ3v) is 6.31. The minimum absolute atomic E-state index is 0.382. The summed E-state index contributed by atoms with van der Waals surface area (Å²) in [6.45, 7) is 7.71. The van der Waals surface area contributed by atoms with E-state index in [1.165, 1.54) is 6.26 Å². The topological polar surface area (TPSA) is 73.8 Å². The maximum atomic E-state index is 11.7. The Kier molecular flexibility index (Phi) is 9.26. The van der Waals surface area contributed by atoms with Crippen LogP contribution in [-0.4, -0.2) is 59.3 Å². The van der Waals surface area contributed by atoms with Crippen LogP contribution in [0.3, 0.4) is 0 Å². The standard InChI is InChI=1S/C20H36N4O2S/c1-8-17(9-2)18(24(5)6)14-23-20(21-4)22-13-16-10-11-19(15(3)12-16)27(7,25)26/h10-12,17-18H,8-9,13-14H2,1-7H3,(H2,21,22,23). The average molecular weight is 397 g/mol. The summed E-state index contributed by atoms with van der Waals surface area (Å²) in [6.07, 6.45) is 3.54. The molecule has 6 nitrogen and oxygen atoms in total. The molecule has 0 bridgehead atoms. The van der Waals surface area contributed by atoms with E-state index < -0.39 is 9.84 Å². The molecule has 154 valence electrons. The van der Waals surface area contributed by atoms with Crippen molar-refractivity contribution >= 4 is 15.8 Å². The van der Waals surface area contributed by atoms with Crippen LogP contribution < -0.4 is 10.6 Å². The number of rotatable bonds is 9. The number of hydrogen-bond donors (Lipinski definition) is 2. The first kappa shape index (κ1) is 23.4. The van der Waals surface area contributed by atoms with Gasteiger partial charge in [-0.3, -0.25) is 4.99 Å². The van der Waals surface area contributed by atoms with Gasteiger partial charge < -0.3 is 15.5 Å². The van der Waals surface area contributed by atoms with Gasteiger partial charge in [-0.05, 0) is 44.1 Å². The van der Waals surface area contributed by atoms with Gasteiger partial charge in [-0.1, -0.05) is 38.8 Å². The summed E-state index contributed by atoms with van der Waals surface area (Å²) in [5.74, 6) is 1.38. The van der Waals surface area contributed by atoms with Crippen LogP contribution in [-0.2, 0) is 16.4 Å². The summed E-state index contributed by atoms with van der Waals surface area (Å²) in [5.41, 5.74) is 1.79. The molecular weight excluding hydrogens is 360 g/mol. The summed E-state index contributed by atoms with van der Waals surface area (Å²) in [5, 5.41) is 6.73. The van der Waals surface area contributed by atoms with Gasteiger partial charge in [-0.2, -0.15) is 0 Å². The molecule has 1 aromatic carbocycles. The fourth-order valence-corrected chi connectivity index (χ4v) is 4.41. The molecule has 0 aliphatic carbocycles.